The van der Waals surface area contributed by atoms with Gasteiger partial charge < -0.3 is 4.57 Å². The summed E-state index contributed by atoms with van der Waals surface area (Å²) in [5.74, 6) is 0. The predicted octanol–water partition coefficient (Wildman–Crippen LogP) is 3.20. The van der Waals surface area contributed by atoms with Crippen LogP contribution in [0.5, 0.6) is 0 Å². The molecule has 0 atom stereocenters. The van der Waals surface area contributed by atoms with E-state index in [-0.39, 0.29) is 0 Å². The van der Waals surface area contributed by atoms with Gasteiger partial charge in [0.2, 0.25) is 0 Å². The van der Waals surface area contributed by atoms with Gasteiger partial charge in [0.25, 0.3) is 0 Å². The summed E-state index contributed by atoms with van der Waals surface area (Å²) in [6, 6.07) is 3.01. The van der Waals surface area contributed by atoms with Crippen LogP contribution in [-0.4, -0.2) is 4.57 Å². The second-order valence-electron chi connectivity index (χ2n) is 3.32. The van der Waals surface area contributed by atoms with Crippen LogP contribution < -0.4 is 0 Å². The second kappa shape index (κ2) is 2.37. The lowest BCUT2D eigenvalue weighted by molar-refractivity contribution is 0.698. The Kier molecular flexibility index (Phi) is 1.60. The molecule has 1 aliphatic carbocycles. The van der Waals surface area contributed by atoms with E-state index in [1.54, 1.807) is 0 Å². The largest absolute Gasteiger partial charge is 0.345 e. The average Bonchev–Trinajstić information content (AvgIpc) is 2.68. The average molecular weight is 214 g/mol. The molecule has 0 unspecified atom stereocenters. The summed E-state index contributed by atoms with van der Waals surface area (Å²) in [6.45, 7) is 4.35. The van der Waals surface area contributed by atoms with Crippen molar-refractivity contribution in [1.29, 1.82) is 0 Å². The van der Waals surface area contributed by atoms with E-state index in [2.05, 4.69) is 40.4 Å². The fourth-order valence-corrected chi connectivity index (χ4v) is 2.15. The van der Waals surface area contributed by atoms with E-state index < -0.39 is 0 Å². The van der Waals surface area contributed by atoms with Crippen LogP contribution in [0.25, 0.3) is 0 Å². The summed E-state index contributed by atoms with van der Waals surface area (Å²) in [7, 11) is 0. The van der Waals surface area contributed by atoms with Gasteiger partial charge >= 0.3 is 0 Å². The first-order valence-electron chi connectivity index (χ1n) is 4.04. The third kappa shape index (κ3) is 1.13. The molecular weight excluding hydrogens is 202 g/mol. The fraction of sp³-hybridized carbons (Fsp3) is 0.556. The van der Waals surface area contributed by atoms with Gasteiger partial charge in [0.15, 0.2) is 0 Å². The van der Waals surface area contributed by atoms with Gasteiger partial charge in [-0.2, -0.15) is 0 Å². The van der Waals surface area contributed by atoms with E-state index in [0.717, 1.165) is 6.04 Å². The number of hydrogen-bond acceptors (Lipinski definition) is 0. The summed E-state index contributed by atoms with van der Waals surface area (Å²) in [5, 5.41) is 0. The Bertz CT molecular complexity index is 284. The normalized spacial score (nSPS) is 17.4. The minimum Gasteiger partial charge on any atom is -0.345 e. The molecule has 2 rings (SSSR count). The first-order valence-corrected chi connectivity index (χ1v) is 4.83. The first-order chi connectivity index (χ1) is 5.20. The minimum absolute atomic E-state index is 0.807. The molecule has 0 spiro atoms. The van der Waals surface area contributed by atoms with Gasteiger partial charge in [-0.25, -0.2) is 0 Å². The van der Waals surface area contributed by atoms with Crippen molar-refractivity contribution in [1.82, 2.24) is 4.57 Å². The zero-order valence-electron chi connectivity index (χ0n) is 6.89. The standard InChI is InChI=1S/C9H12BrN/c1-6-5-9(10)7(2)11(6)8-3-4-8/h5,8H,3-4H2,1-2H3. The molecule has 11 heavy (non-hydrogen) atoms. The predicted molar refractivity (Wildman–Crippen MR) is 49.9 cm³/mol. The van der Waals surface area contributed by atoms with Gasteiger partial charge in [-0.1, -0.05) is 0 Å². The number of aromatic nitrogens is 1. The molecule has 1 nitrogen and oxygen atoms in total. The Morgan fingerprint density at radius 2 is 2.09 bits per heavy atom. The molecule has 0 bridgehead atoms. The molecule has 1 aliphatic rings. The van der Waals surface area contributed by atoms with Crippen molar-refractivity contribution in [2.45, 2.75) is 32.7 Å². The summed E-state index contributed by atoms with van der Waals surface area (Å²) in [4.78, 5) is 0. The van der Waals surface area contributed by atoms with Crippen molar-refractivity contribution in [3.8, 4) is 0 Å². The van der Waals surface area contributed by atoms with Gasteiger partial charge in [0.1, 0.15) is 0 Å². The molecule has 1 aromatic rings. The number of rotatable bonds is 1. The van der Waals surface area contributed by atoms with Crippen molar-refractivity contribution in [2.24, 2.45) is 0 Å². The van der Waals surface area contributed by atoms with E-state index in [1.165, 1.54) is 28.7 Å². The topological polar surface area (TPSA) is 4.93 Å². The van der Waals surface area contributed by atoms with Crippen LogP contribution in [0.4, 0.5) is 0 Å². The summed E-state index contributed by atoms with van der Waals surface area (Å²) in [6.07, 6.45) is 2.73. The van der Waals surface area contributed by atoms with Crippen molar-refractivity contribution < 1.29 is 0 Å². The maximum Gasteiger partial charge on any atom is 0.0384 e. The van der Waals surface area contributed by atoms with Crippen LogP contribution in [-0.2, 0) is 0 Å². The maximum absolute atomic E-state index is 3.54. The number of halogens is 1. The molecule has 0 N–H and O–H groups in total. The van der Waals surface area contributed by atoms with Crippen LogP contribution >= 0.6 is 15.9 Å². The lowest BCUT2D eigenvalue weighted by Crippen LogP contribution is -1.97. The van der Waals surface area contributed by atoms with Crippen LogP contribution in [0, 0.1) is 13.8 Å². The third-order valence-corrected chi connectivity index (χ3v) is 3.14. The Morgan fingerprint density at radius 1 is 1.45 bits per heavy atom. The van der Waals surface area contributed by atoms with Gasteiger partial charge in [0, 0.05) is 21.9 Å². The van der Waals surface area contributed by atoms with Crippen molar-refractivity contribution in [3.05, 3.63) is 21.9 Å². The molecule has 0 radical (unpaired) electrons. The van der Waals surface area contributed by atoms with Gasteiger partial charge in [-0.05, 0) is 48.7 Å². The molecule has 0 aromatic carbocycles. The minimum atomic E-state index is 0.807. The number of hydrogen-bond donors (Lipinski definition) is 0. The van der Waals surface area contributed by atoms with Crippen molar-refractivity contribution in [2.75, 3.05) is 0 Å². The van der Waals surface area contributed by atoms with Gasteiger partial charge in [-0.15, -0.1) is 0 Å². The quantitative estimate of drug-likeness (QED) is 0.676. The smallest absolute Gasteiger partial charge is 0.0384 e. The summed E-state index contributed by atoms with van der Waals surface area (Å²) < 4.78 is 3.69. The molecule has 1 fully saturated rings. The van der Waals surface area contributed by atoms with Crippen molar-refractivity contribution in [3.63, 3.8) is 0 Å². The highest BCUT2D eigenvalue weighted by molar-refractivity contribution is 9.10. The maximum atomic E-state index is 3.54. The molecule has 0 aliphatic heterocycles. The number of aryl methyl sites for hydroxylation is 1. The van der Waals surface area contributed by atoms with E-state index in [1.807, 2.05) is 0 Å². The highest BCUT2D eigenvalue weighted by Crippen LogP contribution is 2.39. The first kappa shape index (κ1) is 7.41. The highest BCUT2D eigenvalue weighted by Gasteiger charge is 2.26. The zero-order chi connectivity index (χ0) is 8.01. The molecule has 0 saturated heterocycles. The molecule has 60 valence electrons. The SMILES string of the molecule is Cc1cc(Br)c(C)n1C1CC1. The Labute approximate surface area is 75.5 Å². The van der Waals surface area contributed by atoms with Crippen molar-refractivity contribution >= 4 is 15.9 Å². The van der Waals surface area contributed by atoms with Gasteiger partial charge in [0.05, 0.1) is 0 Å². The van der Waals surface area contributed by atoms with E-state index >= 15 is 0 Å². The molecule has 1 heterocycles. The second-order valence-corrected chi connectivity index (χ2v) is 4.17. The van der Waals surface area contributed by atoms with Gasteiger partial charge in [-0.3, -0.25) is 0 Å². The van der Waals surface area contributed by atoms with E-state index in [4.69, 9.17) is 0 Å². The lowest BCUT2D eigenvalue weighted by atomic mass is 10.5. The third-order valence-electron chi connectivity index (χ3n) is 2.33. The van der Waals surface area contributed by atoms with Crippen LogP contribution in [0.2, 0.25) is 0 Å². The van der Waals surface area contributed by atoms with E-state index in [0.29, 0.717) is 0 Å². The van der Waals surface area contributed by atoms with E-state index in [9.17, 15) is 0 Å². The Morgan fingerprint density at radius 3 is 2.45 bits per heavy atom. The summed E-state index contributed by atoms with van der Waals surface area (Å²) >= 11 is 3.54. The summed E-state index contributed by atoms with van der Waals surface area (Å²) in [5.41, 5.74) is 2.77. The Hall–Kier alpha value is -0.240. The van der Waals surface area contributed by atoms with Crippen LogP contribution in [0.15, 0.2) is 10.5 Å². The molecule has 0 amide bonds. The molecule has 2 heteroatoms. The van der Waals surface area contributed by atoms with Crippen LogP contribution in [0.1, 0.15) is 30.3 Å². The highest BCUT2D eigenvalue weighted by atomic mass is 79.9. The number of nitrogens with zero attached hydrogens (tertiary/aromatic N) is 1. The fourth-order valence-electron chi connectivity index (χ4n) is 1.63. The lowest BCUT2D eigenvalue weighted by Gasteiger charge is -2.05. The molecular formula is C9H12BrN. The molecule has 1 aromatic heterocycles. The molecule has 1 saturated carbocycles. The zero-order valence-corrected chi connectivity index (χ0v) is 8.48. The Balaban J connectivity index is 2.50. The van der Waals surface area contributed by atoms with Crippen LogP contribution in [0.3, 0.4) is 0 Å². The monoisotopic (exact) mass is 213 g/mol.